The summed E-state index contributed by atoms with van der Waals surface area (Å²) < 4.78 is 40.9. The van der Waals surface area contributed by atoms with Crippen molar-refractivity contribution < 1.29 is 13.2 Å². The molecule has 0 saturated carbocycles. The quantitative estimate of drug-likeness (QED) is 0.230. The normalized spacial score (nSPS) is 12.5. The minimum Gasteiger partial charge on any atom is -0.166 e. The highest BCUT2D eigenvalue weighted by Crippen LogP contribution is 2.37. The van der Waals surface area contributed by atoms with Gasteiger partial charge < -0.3 is 0 Å². The first-order valence-electron chi connectivity index (χ1n) is 10.4. The lowest BCUT2D eigenvalue weighted by Gasteiger charge is -2.07. The third-order valence-electron chi connectivity index (χ3n) is 6.08. The molecule has 0 nitrogen and oxygen atoms in total. The Morgan fingerprint density at radius 2 is 1.31 bits per heavy atom. The molecule has 6 rings (SSSR count). The molecule has 0 N–H and O–H groups in total. The number of fused-ring (bicyclic) bond motifs is 6. The molecule has 0 atom stereocenters. The molecule has 4 aromatic carbocycles. The molecule has 32 heavy (non-hydrogen) atoms. The first-order valence-corrected chi connectivity index (χ1v) is 12.1. The Labute approximate surface area is 190 Å². The van der Waals surface area contributed by atoms with E-state index in [-0.39, 0.29) is 0 Å². The zero-order valence-corrected chi connectivity index (χ0v) is 18.5. The molecule has 0 unspecified atom stereocenters. The number of aryl methyl sites for hydroxylation is 2. The largest absolute Gasteiger partial charge is 0.416 e. The molecule has 158 valence electrons. The van der Waals surface area contributed by atoms with Gasteiger partial charge in [0.2, 0.25) is 0 Å². The van der Waals surface area contributed by atoms with Crippen LogP contribution in [0.4, 0.5) is 13.2 Å². The van der Waals surface area contributed by atoms with E-state index < -0.39 is 11.7 Å². The molecule has 0 radical (unpaired) electrons. The van der Waals surface area contributed by atoms with Gasteiger partial charge in [-0.2, -0.15) is 13.2 Å². The fourth-order valence-corrected chi connectivity index (χ4v) is 6.30. The Hall–Kier alpha value is -2.89. The summed E-state index contributed by atoms with van der Waals surface area (Å²) in [5.74, 6) is 0. The first kappa shape index (κ1) is 19.8. The molecule has 6 aromatic rings. The van der Waals surface area contributed by atoms with Gasteiger partial charge in [0.05, 0.1) is 5.56 Å². The van der Waals surface area contributed by atoms with Gasteiger partial charge in [0.1, 0.15) is 0 Å². The monoisotopic (exact) mass is 462 g/mol. The van der Waals surface area contributed by atoms with Crippen molar-refractivity contribution in [1.29, 1.82) is 0 Å². The maximum atomic E-state index is 12.8. The lowest BCUT2D eigenvalue weighted by Crippen LogP contribution is -2.04. The predicted molar refractivity (Wildman–Crippen MR) is 131 cm³/mol. The summed E-state index contributed by atoms with van der Waals surface area (Å²) in [5.41, 5.74) is 0.327. The average molecular weight is 463 g/mol. The number of hydrogen-bond acceptors (Lipinski definition) is 2. The van der Waals surface area contributed by atoms with Crippen LogP contribution in [0.2, 0.25) is 0 Å². The van der Waals surface area contributed by atoms with Crippen LogP contribution in [0.3, 0.4) is 0 Å². The topological polar surface area (TPSA) is 0 Å². The van der Waals surface area contributed by atoms with E-state index in [1.807, 2.05) is 0 Å². The summed E-state index contributed by atoms with van der Waals surface area (Å²) in [6, 6.07) is 23.3. The van der Waals surface area contributed by atoms with Crippen molar-refractivity contribution >= 4 is 64.4 Å². The van der Waals surface area contributed by atoms with Crippen molar-refractivity contribution in [2.24, 2.45) is 0 Å². The van der Waals surface area contributed by atoms with Crippen LogP contribution in [0.1, 0.15) is 16.0 Å². The first-order chi connectivity index (χ1) is 15.5. The van der Waals surface area contributed by atoms with Gasteiger partial charge in [-0.05, 0) is 93.9 Å². The fraction of sp³-hybridized carbons (Fsp3) is 0.111. The number of alkyl halides is 3. The van der Waals surface area contributed by atoms with Gasteiger partial charge in [-0.3, -0.25) is 0 Å². The Bertz CT molecular complexity index is 1600. The second-order valence-electron chi connectivity index (χ2n) is 8.08. The van der Waals surface area contributed by atoms with E-state index in [9.17, 15) is 13.2 Å². The van der Waals surface area contributed by atoms with Crippen LogP contribution >= 0.6 is 22.7 Å². The summed E-state index contributed by atoms with van der Waals surface area (Å²) in [6.07, 6.45) is -2.75. The number of thiophene rings is 2. The molecule has 0 aliphatic heterocycles. The number of hydrogen-bond donors (Lipinski definition) is 0. The Balaban J connectivity index is 1.35. The van der Waals surface area contributed by atoms with Crippen LogP contribution in [0, 0.1) is 0 Å². The van der Waals surface area contributed by atoms with Crippen molar-refractivity contribution in [1.82, 2.24) is 0 Å². The third kappa shape index (κ3) is 3.37. The highest BCUT2D eigenvalue weighted by molar-refractivity contribution is 7.19. The second kappa shape index (κ2) is 7.32. The van der Waals surface area contributed by atoms with E-state index in [0.717, 1.165) is 18.4 Å². The van der Waals surface area contributed by atoms with Crippen molar-refractivity contribution in [3.8, 4) is 0 Å². The van der Waals surface area contributed by atoms with Gasteiger partial charge in [-0.15, -0.1) is 22.7 Å². The van der Waals surface area contributed by atoms with Crippen LogP contribution < -0.4 is 0 Å². The van der Waals surface area contributed by atoms with E-state index in [1.54, 1.807) is 34.8 Å². The molecule has 2 aromatic heterocycles. The van der Waals surface area contributed by atoms with Gasteiger partial charge in [0.25, 0.3) is 0 Å². The molecule has 2 heterocycles. The molecular weight excluding hydrogens is 445 g/mol. The van der Waals surface area contributed by atoms with E-state index in [4.69, 9.17) is 0 Å². The highest BCUT2D eigenvalue weighted by Gasteiger charge is 2.29. The molecule has 0 aliphatic rings. The second-order valence-corrected chi connectivity index (χ2v) is 10.2. The smallest absolute Gasteiger partial charge is 0.166 e. The fourth-order valence-electron chi connectivity index (χ4n) is 4.42. The Morgan fingerprint density at radius 3 is 2.03 bits per heavy atom. The van der Waals surface area contributed by atoms with E-state index >= 15 is 0 Å². The maximum Gasteiger partial charge on any atom is 0.416 e. The average Bonchev–Trinajstić information content (AvgIpc) is 3.43. The zero-order chi connectivity index (χ0) is 21.9. The van der Waals surface area contributed by atoms with Gasteiger partial charge in [-0.1, -0.05) is 24.3 Å². The van der Waals surface area contributed by atoms with Gasteiger partial charge in [0.15, 0.2) is 0 Å². The standard InChI is InChI=1S/C27H17F3S2/c28-27(29,30)19-6-1-16(2-7-19)3-8-20-15-24-23-14-17-4-9-25-21(11-12-31-25)22(17)13-18(23)5-10-26(24)32-20/h1-2,4-7,9-15H,3,8H2. The summed E-state index contributed by atoms with van der Waals surface area (Å²) in [7, 11) is 0. The number of rotatable bonds is 3. The molecule has 0 saturated heterocycles. The molecule has 0 fully saturated rings. The zero-order valence-electron chi connectivity index (χ0n) is 16.9. The van der Waals surface area contributed by atoms with E-state index in [1.165, 1.54) is 58.7 Å². The van der Waals surface area contributed by atoms with Crippen molar-refractivity contribution in [3.63, 3.8) is 0 Å². The lowest BCUT2D eigenvalue weighted by atomic mass is 9.99. The lowest BCUT2D eigenvalue weighted by molar-refractivity contribution is -0.137. The third-order valence-corrected chi connectivity index (χ3v) is 8.12. The SMILES string of the molecule is FC(F)(F)c1ccc(CCc2cc3c(ccc4cc5c(ccc6sccc65)cc43)s2)cc1. The van der Waals surface area contributed by atoms with Crippen LogP contribution in [-0.4, -0.2) is 0 Å². The minimum atomic E-state index is -4.29. The summed E-state index contributed by atoms with van der Waals surface area (Å²) in [5, 5.41) is 9.71. The molecule has 0 aliphatic carbocycles. The molecule has 0 amide bonds. The van der Waals surface area contributed by atoms with Crippen molar-refractivity contribution in [3.05, 3.63) is 94.2 Å². The predicted octanol–water partition coefficient (Wildman–Crippen LogP) is 9.23. The van der Waals surface area contributed by atoms with Gasteiger partial charge in [0, 0.05) is 25.0 Å². The molecule has 0 bridgehead atoms. The summed E-state index contributed by atoms with van der Waals surface area (Å²) in [4.78, 5) is 1.25. The van der Waals surface area contributed by atoms with Crippen LogP contribution in [-0.2, 0) is 19.0 Å². The Morgan fingerprint density at radius 1 is 0.625 bits per heavy atom. The van der Waals surface area contributed by atoms with Gasteiger partial charge in [-0.25, -0.2) is 0 Å². The highest BCUT2D eigenvalue weighted by atomic mass is 32.1. The minimum absolute atomic E-state index is 0.596. The molecule has 0 spiro atoms. The Kier molecular flexibility index (Phi) is 4.52. The van der Waals surface area contributed by atoms with E-state index in [2.05, 4.69) is 53.9 Å². The molecule has 5 heteroatoms. The number of halogens is 3. The number of benzene rings is 4. The van der Waals surface area contributed by atoms with Crippen LogP contribution in [0.15, 0.2) is 78.2 Å². The molecular formula is C27H17F3S2. The van der Waals surface area contributed by atoms with E-state index in [0.29, 0.717) is 0 Å². The maximum absolute atomic E-state index is 12.8. The van der Waals surface area contributed by atoms with Crippen LogP contribution in [0.5, 0.6) is 0 Å². The van der Waals surface area contributed by atoms with Crippen molar-refractivity contribution in [2.75, 3.05) is 0 Å². The summed E-state index contributed by atoms with van der Waals surface area (Å²) >= 11 is 3.53. The van der Waals surface area contributed by atoms with Gasteiger partial charge >= 0.3 is 6.18 Å². The summed E-state index contributed by atoms with van der Waals surface area (Å²) in [6.45, 7) is 0. The van der Waals surface area contributed by atoms with Crippen LogP contribution in [0.25, 0.3) is 41.7 Å². The van der Waals surface area contributed by atoms with Crippen molar-refractivity contribution in [2.45, 2.75) is 19.0 Å².